The van der Waals surface area contributed by atoms with E-state index in [0.29, 0.717) is 11.3 Å². The second kappa shape index (κ2) is 5.38. The lowest BCUT2D eigenvalue weighted by atomic mass is 9.73. The molecule has 0 aromatic rings. The van der Waals surface area contributed by atoms with Crippen molar-refractivity contribution in [2.24, 2.45) is 11.3 Å². The fraction of sp³-hybridized carbons (Fsp3) is 0.929. The quantitative estimate of drug-likeness (QED) is 0.790. The molecule has 2 rings (SSSR count). The molecule has 0 radical (unpaired) electrons. The van der Waals surface area contributed by atoms with Crippen LogP contribution in [0.2, 0.25) is 0 Å². The van der Waals surface area contributed by atoms with Gasteiger partial charge in [-0.1, -0.05) is 13.8 Å². The molecule has 98 valence electrons. The maximum atomic E-state index is 11.8. The van der Waals surface area contributed by atoms with Gasteiger partial charge in [0.05, 0.1) is 6.04 Å². The van der Waals surface area contributed by atoms with Gasteiger partial charge in [0.25, 0.3) is 0 Å². The lowest BCUT2D eigenvalue weighted by Gasteiger charge is -2.34. The summed E-state index contributed by atoms with van der Waals surface area (Å²) in [5.74, 6) is 0.917. The van der Waals surface area contributed by atoms with Gasteiger partial charge in [-0.2, -0.15) is 0 Å². The number of nitrogens with one attached hydrogen (secondary N) is 2. The maximum absolute atomic E-state index is 11.8. The monoisotopic (exact) mass is 238 g/mol. The zero-order valence-electron chi connectivity index (χ0n) is 11.2. The minimum Gasteiger partial charge on any atom is -0.354 e. The first kappa shape index (κ1) is 12.9. The van der Waals surface area contributed by atoms with Crippen LogP contribution >= 0.6 is 0 Å². The van der Waals surface area contributed by atoms with Crippen molar-refractivity contribution in [3.8, 4) is 0 Å². The molecule has 1 saturated heterocycles. The third-order valence-electron chi connectivity index (χ3n) is 4.40. The molecule has 0 aromatic carbocycles. The zero-order chi connectivity index (χ0) is 12.3. The van der Waals surface area contributed by atoms with Crippen LogP contribution < -0.4 is 10.6 Å². The number of rotatable bonds is 3. The second-order valence-electron chi connectivity index (χ2n) is 6.50. The lowest BCUT2D eigenvalue weighted by molar-refractivity contribution is -0.123. The van der Waals surface area contributed by atoms with Gasteiger partial charge >= 0.3 is 0 Å². The molecule has 1 amide bonds. The van der Waals surface area contributed by atoms with Crippen molar-refractivity contribution in [1.29, 1.82) is 0 Å². The van der Waals surface area contributed by atoms with Crippen LogP contribution in [0.15, 0.2) is 0 Å². The Balaban J connectivity index is 1.67. The molecular formula is C14H26N2O. The van der Waals surface area contributed by atoms with Crippen molar-refractivity contribution < 1.29 is 4.79 Å². The highest BCUT2D eigenvalue weighted by atomic mass is 16.2. The SMILES string of the molecule is CC1(C)CCC(CNC(=O)[C@@H]2CCCN2)CC1. The number of amides is 1. The minimum absolute atomic E-state index is 0.0787. The van der Waals surface area contributed by atoms with Crippen LogP contribution in [0.5, 0.6) is 0 Å². The molecular weight excluding hydrogens is 212 g/mol. The third-order valence-corrected chi connectivity index (χ3v) is 4.40. The molecule has 17 heavy (non-hydrogen) atoms. The smallest absolute Gasteiger partial charge is 0.237 e. The molecule has 1 saturated carbocycles. The molecule has 0 unspecified atom stereocenters. The van der Waals surface area contributed by atoms with Gasteiger partial charge in [0, 0.05) is 6.54 Å². The Labute approximate surface area is 105 Å². The van der Waals surface area contributed by atoms with Crippen molar-refractivity contribution in [2.45, 2.75) is 58.4 Å². The van der Waals surface area contributed by atoms with E-state index >= 15 is 0 Å². The van der Waals surface area contributed by atoms with E-state index in [1.807, 2.05) is 0 Å². The summed E-state index contributed by atoms with van der Waals surface area (Å²) < 4.78 is 0. The van der Waals surface area contributed by atoms with Crippen molar-refractivity contribution in [3.05, 3.63) is 0 Å². The maximum Gasteiger partial charge on any atom is 0.237 e. The van der Waals surface area contributed by atoms with E-state index in [9.17, 15) is 4.79 Å². The Morgan fingerprint density at radius 2 is 2.00 bits per heavy atom. The normalized spacial score (nSPS) is 29.2. The Hall–Kier alpha value is -0.570. The molecule has 3 heteroatoms. The van der Waals surface area contributed by atoms with Gasteiger partial charge in [-0.25, -0.2) is 0 Å². The fourth-order valence-electron chi connectivity index (χ4n) is 2.94. The molecule has 1 heterocycles. The third kappa shape index (κ3) is 3.70. The highest BCUT2D eigenvalue weighted by Crippen LogP contribution is 2.37. The van der Waals surface area contributed by atoms with Crippen LogP contribution in [0.3, 0.4) is 0 Å². The summed E-state index contributed by atoms with van der Waals surface area (Å²) in [7, 11) is 0. The van der Waals surface area contributed by atoms with Gasteiger partial charge < -0.3 is 10.6 Å². The first-order valence-corrected chi connectivity index (χ1v) is 7.08. The van der Waals surface area contributed by atoms with Crippen LogP contribution in [-0.4, -0.2) is 25.0 Å². The van der Waals surface area contributed by atoms with Crippen molar-refractivity contribution >= 4 is 5.91 Å². The van der Waals surface area contributed by atoms with Crippen molar-refractivity contribution in [3.63, 3.8) is 0 Å². The average molecular weight is 238 g/mol. The van der Waals surface area contributed by atoms with E-state index < -0.39 is 0 Å². The van der Waals surface area contributed by atoms with Crippen LogP contribution in [0.25, 0.3) is 0 Å². The van der Waals surface area contributed by atoms with Crippen molar-refractivity contribution in [1.82, 2.24) is 10.6 Å². The molecule has 0 spiro atoms. The summed E-state index contributed by atoms with van der Waals surface area (Å²) in [5, 5.41) is 6.37. The first-order chi connectivity index (χ1) is 8.07. The summed E-state index contributed by atoms with van der Waals surface area (Å²) in [6.07, 6.45) is 7.28. The van der Waals surface area contributed by atoms with Gasteiger partial charge in [-0.15, -0.1) is 0 Å². The first-order valence-electron chi connectivity index (χ1n) is 7.08. The standard InChI is InChI=1S/C14H26N2O/c1-14(2)7-5-11(6-8-14)10-16-13(17)12-4-3-9-15-12/h11-12,15H,3-10H2,1-2H3,(H,16,17)/t12-/m0/s1. The molecule has 0 aromatic heterocycles. The molecule has 1 aliphatic carbocycles. The van der Waals surface area contributed by atoms with E-state index in [2.05, 4.69) is 24.5 Å². The summed E-state index contributed by atoms with van der Waals surface area (Å²) in [6, 6.07) is 0.0787. The largest absolute Gasteiger partial charge is 0.354 e. The summed E-state index contributed by atoms with van der Waals surface area (Å²) >= 11 is 0. The number of carbonyl (C=O) groups is 1. The molecule has 1 aliphatic heterocycles. The Kier molecular flexibility index (Phi) is 4.08. The zero-order valence-corrected chi connectivity index (χ0v) is 11.2. The fourth-order valence-corrected chi connectivity index (χ4v) is 2.94. The van der Waals surface area contributed by atoms with E-state index in [1.54, 1.807) is 0 Å². The average Bonchev–Trinajstić information content (AvgIpc) is 2.80. The highest BCUT2D eigenvalue weighted by molar-refractivity contribution is 5.81. The van der Waals surface area contributed by atoms with Gasteiger partial charge in [0.15, 0.2) is 0 Å². The lowest BCUT2D eigenvalue weighted by Crippen LogP contribution is -2.42. The van der Waals surface area contributed by atoms with Crippen LogP contribution in [0.4, 0.5) is 0 Å². The van der Waals surface area contributed by atoms with Gasteiger partial charge in [-0.3, -0.25) is 4.79 Å². The minimum atomic E-state index is 0.0787. The van der Waals surface area contributed by atoms with Crippen LogP contribution in [0.1, 0.15) is 52.4 Å². The molecule has 2 fully saturated rings. The molecule has 0 bridgehead atoms. The van der Waals surface area contributed by atoms with Gasteiger partial charge in [0.2, 0.25) is 5.91 Å². The van der Waals surface area contributed by atoms with Crippen LogP contribution in [-0.2, 0) is 4.79 Å². The van der Waals surface area contributed by atoms with Gasteiger partial charge in [0.1, 0.15) is 0 Å². The predicted octanol–water partition coefficient (Wildman–Crippen LogP) is 2.07. The second-order valence-corrected chi connectivity index (χ2v) is 6.50. The molecule has 3 nitrogen and oxygen atoms in total. The number of carbonyl (C=O) groups excluding carboxylic acids is 1. The summed E-state index contributed by atoms with van der Waals surface area (Å²) in [4.78, 5) is 11.8. The Morgan fingerprint density at radius 3 is 2.59 bits per heavy atom. The van der Waals surface area contributed by atoms with Crippen LogP contribution in [0, 0.1) is 11.3 Å². The van der Waals surface area contributed by atoms with E-state index in [0.717, 1.165) is 25.9 Å². The molecule has 2 N–H and O–H groups in total. The predicted molar refractivity (Wildman–Crippen MR) is 69.8 cm³/mol. The number of hydrogen-bond acceptors (Lipinski definition) is 2. The summed E-state index contributed by atoms with van der Waals surface area (Å²) in [6.45, 7) is 6.58. The molecule has 1 atom stereocenters. The molecule has 2 aliphatic rings. The number of hydrogen-bond donors (Lipinski definition) is 2. The van der Waals surface area contributed by atoms with E-state index in [4.69, 9.17) is 0 Å². The summed E-state index contributed by atoms with van der Waals surface area (Å²) in [5.41, 5.74) is 0.521. The van der Waals surface area contributed by atoms with E-state index in [-0.39, 0.29) is 11.9 Å². The topological polar surface area (TPSA) is 41.1 Å². The Morgan fingerprint density at radius 1 is 1.29 bits per heavy atom. The van der Waals surface area contributed by atoms with Crippen molar-refractivity contribution in [2.75, 3.05) is 13.1 Å². The van der Waals surface area contributed by atoms with Gasteiger partial charge in [-0.05, 0) is 56.4 Å². The van der Waals surface area contributed by atoms with E-state index in [1.165, 1.54) is 25.7 Å². The highest BCUT2D eigenvalue weighted by Gasteiger charge is 2.28. The Bertz CT molecular complexity index is 259.